The average molecular weight is 194 g/mol. The molecule has 0 radical (unpaired) electrons. The van der Waals surface area contributed by atoms with Crippen LogP contribution in [0, 0.1) is 6.92 Å². The van der Waals surface area contributed by atoms with Crippen LogP contribution in [-0.2, 0) is 6.42 Å². The lowest BCUT2D eigenvalue weighted by atomic mass is 10.1. The predicted octanol–water partition coefficient (Wildman–Crippen LogP) is 3.68. The minimum atomic E-state index is 0.779. The fraction of sp³-hybridized carbons (Fsp3) is 0.500. The fourth-order valence-corrected chi connectivity index (χ4v) is 2.19. The van der Waals surface area contributed by atoms with Crippen molar-refractivity contribution in [1.82, 2.24) is 0 Å². The van der Waals surface area contributed by atoms with E-state index in [1.165, 1.54) is 24.0 Å². The maximum Gasteiger partial charge on any atom is 0.00820 e. The Balaban J connectivity index is 2.62. The molecule has 1 aromatic rings. The molecule has 0 saturated carbocycles. The van der Waals surface area contributed by atoms with Gasteiger partial charge in [0.2, 0.25) is 0 Å². The molecule has 0 spiro atoms. The molecule has 0 aromatic heterocycles. The largest absolute Gasteiger partial charge is 0.162 e. The van der Waals surface area contributed by atoms with Gasteiger partial charge in [0.1, 0.15) is 0 Å². The first-order valence-electron chi connectivity index (χ1n) is 4.84. The molecule has 0 saturated heterocycles. The summed E-state index contributed by atoms with van der Waals surface area (Å²) in [6.45, 7) is 4.42. The highest BCUT2D eigenvalue weighted by Crippen LogP contribution is 2.17. The van der Waals surface area contributed by atoms with E-state index in [0.717, 1.165) is 5.25 Å². The van der Waals surface area contributed by atoms with Crippen LogP contribution >= 0.6 is 11.8 Å². The van der Waals surface area contributed by atoms with Crippen molar-refractivity contribution < 1.29 is 0 Å². The summed E-state index contributed by atoms with van der Waals surface area (Å²) in [5.41, 5.74) is 2.84. The monoisotopic (exact) mass is 194 g/mol. The zero-order valence-electron chi connectivity index (χ0n) is 8.71. The van der Waals surface area contributed by atoms with Crippen molar-refractivity contribution in [1.29, 1.82) is 0 Å². The first-order valence-corrected chi connectivity index (χ1v) is 6.13. The van der Waals surface area contributed by atoms with Crippen LogP contribution in [0.15, 0.2) is 24.3 Å². The van der Waals surface area contributed by atoms with Crippen molar-refractivity contribution in [2.45, 2.75) is 31.9 Å². The number of rotatable bonds is 4. The summed E-state index contributed by atoms with van der Waals surface area (Å²) in [6, 6.07) is 8.83. The van der Waals surface area contributed by atoms with Gasteiger partial charge in [-0.25, -0.2) is 0 Å². The Bertz CT molecular complexity index is 251. The van der Waals surface area contributed by atoms with Crippen molar-refractivity contribution in [3.05, 3.63) is 35.4 Å². The average Bonchev–Trinajstić information content (AvgIpc) is 2.14. The Morgan fingerprint density at radius 2 is 2.15 bits per heavy atom. The van der Waals surface area contributed by atoms with Gasteiger partial charge in [0.15, 0.2) is 0 Å². The highest BCUT2D eigenvalue weighted by Gasteiger charge is 2.04. The van der Waals surface area contributed by atoms with Gasteiger partial charge >= 0.3 is 0 Å². The van der Waals surface area contributed by atoms with E-state index in [-0.39, 0.29) is 0 Å². The molecule has 1 rings (SSSR count). The van der Waals surface area contributed by atoms with Crippen molar-refractivity contribution in [2.24, 2.45) is 0 Å². The molecule has 0 fully saturated rings. The molecule has 0 aliphatic heterocycles. The summed E-state index contributed by atoms with van der Waals surface area (Å²) in [7, 11) is 0. The van der Waals surface area contributed by atoms with Crippen LogP contribution in [0.4, 0.5) is 0 Å². The molecule has 13 heavy (non-hydrogen) atoms. The fourth-order valence-electron chi connectivity index (χ4n) is 1.50. The van der Waals surface area contributed by atoms with E-state index in [9.17, 15) is 0 Å². The lowest BCUT2D eigenvalue weighted by molar-refractivity contribution is 0.817. The van der Waals surface area contributed by atoms with E-state index in [0.29, 0.717) is 0 Å². The molecular weight excluding hydrogens is 176 g/mol. The van der Waals surface area contributed by atoms with E-state index >= 15 is 0 Å². The van der Waals surface area contributed by atoms with E-state index in [4.69, 9.17) is 0 Å². The molecule has 0 nitrogen and oxygen atoms in total. The van der Waals surface area contributed by atoms with Gasteiger partial charge in [0.05, 0.1) is 0 Å². The molecule has 0 amide bonds. The maximum absolute atomic E-state index is 2.29. The highest BCUT2D eigenvalue weighted by atomic mass is 32.2. The Labute approximate surface area is 85.7 Å². The topological polar surface area (TPSA) is 0 Å². The number of hydrogen-bond donors (Lipinski definition) is 0. The number of hydrogen-bond acceptors (Lipinski definition) is 1. The normalized spacial score (nSPS) is 12.8. The minimum Gasteiger partial charge on any atom is -0.162 e. The summed E-state index contributed by atoms with van der Waals surface area (Å²) >= 11 is 1.97. The van der Waals surface area contributed by atoms with E-state index in [2.05, 4.69) is 44.4 Å². The molecule has 1 heteroatoms. The SMILES string of the molecule is CCC(Cc1cccc(C)c1)SC. The van der Waals surface area contributed by atoms with Crippen molar-refractivity contribution in [2.75, 3.05) is 6.26 Å². The smallest absolute Gasteiger partial charge is 0.00820 e. The molecule has 0 aliphatic rings. The Morgan fingerprint density at radius 1 is 1.38 bits per heavy atom. The molecule has 1 atom stereocenters. The highest BCUT2D eigenvalue weighted by molar-refractivity contribution is 7.99. The van der Waals surface area contributed by atoms with Crippen LogP contribution in [-0.4, -0.2) is 11.5 Å². The zero-order chi connectivity index (χ0) is 9.68. The van der Waals surface area contributed by atoms with E-state index in [1.54, 1.807) is 0 Å². The van der Waals surface area contributed by atoms with Crippen molar-refractivity contribution in [3.63, 3.8) is 0 Å². The molecule has 72 valence electrons. The molecule has 0 aliphatic carbocycles. The molecular formula is C12H18S. The van der Waals surface area contributed by atoms with Crippen LogP contribution in [0.25, 0.3) is 0 Å². The lowest BCUT2D eigenvalue weighted by Crippen LogP contribution is -2.04. The third-order valence-electron chi connectivity index (χ3n) is 2.33. The van der Waals surface area contributed by atoms with Gasteiger partial charge in [-0.3, -0.25) is 0 Å². The van der Waals surface area contributed by atoms with Crippen LogP contribution in [0.2, 0.25) is 0 Å². The van der Waals surface area contributed by atoms with Crippen LogP contribution in [0.3, 0.4) is 0 Å². The summed E-state index contributed by atoms with van der Waals surface area (Å²) in [4.78, 5) is 0. The Morgan fingerprint density at radius 3 is 2.69 bits per heavy atom. The summed E-state index contributed by atoms with van der Waals surface area (Å²) in [5.74, 6) is 0. The van der Waals surface area contributed by atoms with Gasteiger partial charge in [-0.2, -0.15) is 11.8 Å². The molecule has 1 aromatic carbocycles. The van der Waals surface area contributed by atoms with Crippen LogP contribution in [0.5, 0.6) is 0 Å². The quantitative estimate of drug-likeness (QED) is 0.704. The molecule has 0 heterocycles. The first kappa shape index (κ1) is 10.6. The second kappa shape index (κ2) is 5.33. The van der Waals surface area contributed by atoms with Gasteiger partial charge in [0.25, 0.3) is 0 Å². The number of thioether (sulfide) groups is 1. The lowest BCUT2D eigenvalue weighted by Gasteiger charge is -2.11. The van der Waals surface area contributed by atoms with Gasteiger partial charge in [0, 0.05) is 5.25 Å². The summed E-state index contributed by atoms with van der Waals surface area (Å²) in [6.07, 6.45) is 4.67. The minimum absolute atomic E-state index is 0.779. The van der Waals surface area contributed by atoms with Crippen LogP contribution < -0.4 is 0 Å². The second-order valence-electron chi connectivity index (χ2n) is 3.46. The number of aryl methyl sites for hydroxylation is 1. The number of benzene rings is 1. The third kappa shape index (κ3) is 3.43. The van der Waals surface area contributed by atoms with Crippen molar-refractivity contribution >= 4 is 11.8 Å². The zero-order valence-corrected chi connectivity index (χ0v) is 9.53. The molecule has 0 N–H and O–H groups in total. The summed E-state index contributed by atoms with van der Waals surface area (Å²) in [5, 5.41) is 0.779. The standard InChI is InChI=1S/C12H18S/c1-4-12(13-3)9-11-7-5-6-10(2)8-11/h5-8,12H,4,9H2,1-3H3. The van der Waals surface area contributed by atoms with Gasteiger partial charge < -0.3 is 0 Å². The second-order valence-corrected chi connectivity index (χ2v) is 4.60. The predicted molar refractivity (Wildman–Crippen MR) is 62.5 cm³/mol. The first-order chi connectivity index (χ1) is 6.26. The molecule has 1 unspecified atom stereocenters. The van der Waals surface area contributed by atoms with Gasteiger partial charge in [-0.15, -0.1) is 0 Å². The molecule has 0 bridgehead atoms. The van der Waals surface area contributed by atoms with E-state index < -0.39 is 0 Å². The van der Waals surface area contributed by atoms with Crippen LogP contribution in [0.1, 0.15) is 24.5 Å². The van der Waals surface area contributed by atoms with Crippen molar-refractivity contribution in [3.8, 4) is 0 Å². The Kier molecular flexibility index (Phi) is 4.37. The van der Waals surface area contributed by atoms with Gasteiger partial charge in [-0.1, -0.05) is 36.8 Å². The summed E-state index contributed by atoms with van der Waals surface area (Å²) < 4.78 is 0. The van der Waals surface area contributed by atoms with E-state index in [1.807, 2.05) is 11.8 Å². The Hall–Kier alpha value is -0.430. The van der Waals surface area contributed by atoms with Gasteiger partial charge in [-0.05, 0) is 31.6 Å². The third-order valence-corrected chi connectivity index (χ3v) is 3.50. The maximum atomic E-state index is 2.29.